The van der Waals surface area contributed by atoms with E-state index in [-0.39, 0.29) is 25.7 Å². The molecule has 0 aromatic rings. The number of aliphatic hydroxyl groups excluding tert-OH is 1. The summed E-state index contributed by atoms with van der Waals surface area (Å²) in [5, 5.41) is 10.6. The second kappa shape index (κ2) is 72.6. The predicted octanol–water partition coefficient (Wildman–Crippen LogP) is 24.3. The topological polar surface area (TPSA) is 237 Å². The first kappa shape index (κ1) is 98.1. The lowest BCUT2D eigenvalue weighted by molar-refractivity contribution is -0.161. The Kier molecular flexibility index (Phi) is 71.2. The zero-order valence-corrected chi connectivity index (χ0v) is 67.3. The number of phosphoric ester groups is 2. The summed E-state index contributed by atoms with van der Waals surface area (Å²) in [6.45, 7) is 9.69. The Balaban J connectivity index is 5.25. The van der Waals surface area contributed by atoms with Gasteiger partial charge in [-0.2, -0.15) is 0 Å². The van der Waals surface area contributed by atoms with E-state index in [0.29, 0.717) is 25.7 Å². The van der Waals surface area contributed by atoms with Crippen LogP contribution in [0, 0.1) is 11.8 Å². The maximum atomic E-state index is 13.1. The molecular formula is C81H158O17P2. The van der Waals surface area contributed by atoms with Crippen LogP contribution >= 0.6 is 15.6 Å². The van der Waals surface area contributed by atoms with E-state index in [4.69, 9.17) is 37.0 Å². The summed E-state index contributed by atoms with van der Waals surface area (Å²) in [6, 6.07) is 0. The molecule has 7 atom stereocenters. The lowest BCUT2D eigenvalue weighted by Crippen LogP contribution is -2.30. The molecule has 0 aliphatic carbocycles. The number of phosphoric acid groups is 2. The van der Waals surface area contributed by atoms with Crippen LogP contribution in [0.25, 0.3) is 0 Å². The van der Waals surface area contributed by atoms with Crippen molar-refractivity contribution in [1.29, 1.82) is 0 Å². The summed E-state index contributed by atoms with van der Waals surface area (Å²) in [6.07, 6.45) is 62.2. The molecule has 0 radical (unpaired) electrons. The molecule has 100 heavy (non-hydrogen) atoms. The van der Waals surface area contributed by atoms with E-state index >= 15 is 0 Å². The summed E-state index contributed by atoms with van der Waals surface area (Å²) in [5.41, 5.74) is 0. The normalized spacial score (nSPS) is 14.4. The first-order chi connectivity index (χ1) is 48.4. The average Bonchev–Trinajstić information content (AvgIpc) is 0.938. The van der Waals surface area contributed by atoms with E-state index in [0.717, 1.165) is 102 Å². The number of esters is 4. The molecule has 4 unspecified atom stereocenters. The Hall–Kier alpha value is -1.94. The van der Waals surface area contributed by atoms with Crippen molar-refractivity contribution in [2.75, 3.05) is 39.6 Å². The van der Waals surface area contributed by atoms with Crippen LogP contribution in [0.4, 0.5) is 0 Å². The first-order valence-electron chi connectivity index (χ1n) is 42.1. The summed E-state index contributed by atoms with van der Waals surface area (Å²) in [5.74, 6) is -0.495. The van der Waals surface area contributed by atoms with Crippen molar-refractivity contribution in [3.05, 3.63) is 0 Å². The number of carbonyl (C=O) groups is 4. The van der Waals surface area contributed by atoms with Gasteiger partial charge in [-0.25, -0.2) is 9.13 Å². The van der Waals surface area contributed by atoms with Gasteiger partial charge in [-0.15, -0.1) is 0 Å². The lowest BCUT2D eigenvalue weighted by Gasteiger charge is -2.21. The molecule has 0 heterocycles. The van der Waals surface area contributed by atoms with Crippen LogP contribution in [-0.4, -0.2) is 96.7 Å². The molecule has 0 rings (SSSR count). The van der Waals surface area contributed by atoms with Gasteiger partial charge < -0.3 is 33.8 Å². The number of ether oxygens (including phenoxy) is 4. The van der Waals surface area contributed by atoms with Crippen molar-refractivity contribution in [2.24, 2.45) is 11.8 Å². The van der Waals surface area contributed by atoms with Gasteiger partial charge in [0.1, 0.15) is 19.3 Å². The Labute approximate surface area is 613 Å². The van der Waals surface area contributed by atoms with Crippen LogP contribution in [0.1, 0.15) is 427 Å². The van der Waals surface area contributed by atoms with E-state index in [1.165, 1.54) is 244 Å². The SMILES string of the molecule is CCCCCCCCCCCCCCCCCCCCCCC(=O)O[C@H](COC(=O)CCCCCCCCCCCCC(C)CC)COP(=O)(O)OC[C@@H](O)COP(=O)(O)OC[C@@H](COC(=O)CCCCCCCCCCCCCC)OC(=O)CCCCCCCCCCCCC(C)CC. The number of hydrogen-bond acceptors (Lipinski definition) is 15. The zero-order chi connectivity index (χ0) is 73.5. The van der Waals surface area contributed by atoms with Crippen LogP contribution in [0.15, 0.2) is 0 Å². The molecule has 0 spiro atoms. The van der Waals surface area contributed by atoms with Crippen LogP contribution < -0.4 is 0 Å². The molecule has 0 saturated heterocycles. The minimum atomic E-state index is -4.96. The largest absolute Gasteiger partial charge is 0.472 e. The number of rotatable bonds is 80. The Morgan fingerprint density at radius 3 is 0.710 bits per heavy atom. The maximum Gasteiger partial charge on any atom is 0.472 e. The second-order valence-electron chi connectivity index (χ2n) is 29.6. The lowest BCUT2D eigenvalue weighted by atomic mass is 9.99. The average molecular weight is 1470 g/mol. The zero-order valence-electron chi connectivity index (χ0n) is 65.5. The highest BCUT2D eigenvalue weighted by Crippen LogP contribution is 2.45. The van der Waals surface area contributed by atoms with E-state index in [9.17, 15) is 43.2 Å². The molecule has 19 heteroatoms. The van der Waals surface area contributed by atoms with Gasteiger partial charge in [-0.3, -0.25) is 37.3 Å². The van der Waals surface area contributed by atoms with Gasteiger partial charge in [0, 0.05) is 25.7 Å². The summed E-state index contributed by atoms with van der Waals surface area (Å²) >= 11 is 0. The minimum Gasteiger partial charge on any atom is -0.462 e. The number of unbranched alkanes of at least 4 members (excludes halogenated alkanes) is 48. The van der Waals surface area contributed by atoms with E-state index < -0.39 is 97.5 Å². The number of hydrogen-bond donors (Lipinski definition) is 3. The van der Waals surface area contributed by atoms with Gasteiger partial charge in [0.05, 0.1) is 26.4 Å². The molecule has 0 fully saturated rings. The van der Waals surface area contributed by atoms with Gasteiger partial charge in [0.2, 0.25) is 0 Å². The van der Waals surface area contributed by atoms with Crippen LogP contribution in [-0.2, 0) is 65.4 Å². The number of aliphatic hydroxyl groups is 1. The highest BCUT2D eigenvalue weighted by atomic mass is 31.2. The third kappa shape index (κ3) is 71.7. The molecule has 17 nitrogen and oxygen atoms in total. The van der Waals surface area contributed by atoms with Crippen LogP contribution in [0.5, 0.6) is 0 Å². The molecule has 594 valence electrons. The van der Waals surface area contributed by atoms with Gasteiger partial charge in [-0.1, -0.05) is 375 Å². The van der Waals surface area contributed by atoms with Gasteiger partial charge in [-0.05, 0) is 37.5 Å². The Morgan fingerprint density at radius 2 is 0.480 bits per heavy atom. The first-order valence-corrected chi connectivity index (χ1v) is 45.1. The molecular weight excluding hydrogens is 1310 g/mol. The molecule has 0 aliphatic rings. The van der Waals surface area contributed by atoms with Crippen molar-refractivity contribution < 1.29 is 80.2 Å². The van der Waals surface area contributed by atoms with E-state index in [1.807, 2.05) is 0 Å². The maximum absolute atomic E-state index is 13.1. The fourth-order valence-corrected chi connectivity index (χ4v) is 14.1. The van der Waals surface area contributed by atoms with Gasteiger partial charge >= 0.3 is 39.5 Å². The van der Waals surface area contributed by atoms with Crippen molar-refractivity contribution >= 4 is 39.5 Å². The summed E-state index contributed by atoms with van der Waals surface area (Å²) in [4.78, 5) is 73.1. The molecule has 0 aromatic carbocycles. The standard InChI is InChI=1S/C81H158O17P2/c1-7-11-13-15-17-19-21-23-24-25-26-27-28-29-30-32-41-47-53-59-65-80(85)97-76(70-92-79(84)64-58-52-46-40-35-33-37-43-49-55-61-73(5)9-3)71-95-99(87,88)93-67-75(82)68-94-100(89,90)96-72-77(69-91-78(83)63-57-51-45-39-31-22-20-18-16-14-12-8-2)98-81(86)66-60-54-48-42-36-34-38-44-50-56-62-74(6)10-4/h73-77,82H,7-72H2,1-6H3,(H,87,88)(H,89,90)/t73?,74?,75-,76-,77-/m1/s1. The van der Waals surface area contributed by atoms with Crippen molar-refractivity contribution in [1.82, 2.24) is 0 Å². The van der Waals surface area contributed by atoms with E-state index in [1.54, 1.807) is 0 Å². The van der Waals surface area contributed by atoms with Crippen molar-refractivity contribution in [3.8, 4) is 0 Å². The third-order valence-corrected chi connectivity index (χ3v) is 21.6. The summed E-state index contributed by atoms with van der Waals surface area (Å²) in [7, 11) is -9.92. The Bertz CT molecular complexity index is 1930. The molecule has 0 saturated carbocycles. The van der Waals surface area contributed by atoms with E-state index in [2.05, 4.69) is 41.5 Å². The Morgan fingerprint density at radius 1 is 0.280 bits per heavy atom. The molecule has 0 aromatic heterocycles. The van der Waals surface area contributed by atoms with Crippen molar-refractivity contribution in [3.63, 3.8) is 0 Å². The molecule has 0 aliphatic heterocycles. The van der Waals surface area contributed by atoms with Crippen LogP contribution in [0.2, 0.25) is 0 Å². The highest BCUT2D eigenvalue weighted by molar-refractivity contribution is 7.47. The highest BCUT2D eigenvalue weighted by Gasteiger charge is 2.30. The predicted molar refractivity (Wildman–Crippen MR) is 409 cm³/mol. The molecule has 3 N–H and O–H groups in total. The fraction of sp³-hybridized carbons (Fsp3) is 0.951. The molecule has 0 amide bonds. The monoisotopic (exact) mass is 1470 g/mol. The smallest absolute Gasteiger partial charge is 0.462 e. The fourth-order valence-electron chi connectivity index (χ4n) is 12.5. The second-order valence-corrected chi connectivity index (χ2v) is 32.6. The van der Waals surface area contributed by atoms with Gasteiger partial charge in [0.15, 0.2) is 12.2 Å². The number of carbonyl (C=O) groups excluding carboxylic acids is 4. The van der Waals surface area contributed by atoms with Crippen LogP contribution in [0.3, 0.4) is 0 Å². The molecule has 0 bridgehead atoms. The minimum absolute atomic E-state index is 0.107. The summed E-state index contributed by atoms with van der Waals surface area (Å²) < 4.78 is 68.7. The van der Waals surface area contributed by atoms with Gasteiger partial charge in [0.25, 0.3) is 0 Å². The quantitative estimate of drug-likeness (QED) is 0.0222. The van der Waals surface area contributed by atoms with Crippen molar-refractivity contribution in [2.45, 2.75) is 445 Å². The third-order valence-electron chi connectivity index (χ3n) is 19.7.